The highest BCUT2D eigenvalue weighted by atomic mass is 35.5. The van der Waals surface area contributed by atoms with Gasteiger partial charge in [0.15, 0.2) is 0 Å². The van der Waals surface area contributed by atoms with Crippen molar-refractivity contribution in [3.63, 3.8) is 0 Å². The summed E-state index contributed by atoms with van der Waals surface area (Å²) in [6.07, 6.45) is -3.86. The third kappa shape index (κ3) is 4.26. The number of carbonyl (C=O) groups is 1. The van der Waals surface area contributed by atoms with Gasteiger partial charge in [0, 0.05) is 18.0 Å². The molecule has 6 heteroatoms. The van der Waals surface area contributed by atoms with Crippen LogP contribution >= 0.6 is 11.6 Å². The number of benzene rings is 1. The van der Waals surface area contributed by atoms with E-state index in [4.69, 9.17) is 11.6 Å². The molecule has 0 saturated heterocycles. The maximum atomic E-state index is 12.4. The van der Waals surface area contributed by atoms with Crippen LogP contribution in [0.25, 0.3) is 0 Å². The second-order valence-corrected chi connectivity index (χ2v) is 3.75. The van der Waals surface area contributed by atoms with E-state index >= 15 is 0 Å². The van der Waals surface area contributed by atoms with Crippen LogP contribution in [-0.4, -0.2) is 18.3 Å². The zero-order valence-corrected chi connectivity index (χ0v) is 9.61. The molecule has 0 aliphatic carbocycles. The molecule has 1 aromatic rings. The first-order chi connectivity index (χ1) is 7.95. The Morgan fingerprint density at radius 3 is 2.65 bits per heavy atom. The average molecular weight is 266 g/mol. The molecule has 0 spiro atoms. The van der Waals surface area contributed by atoms with Gasteiger partial charge in [0.05, 0.1) is 5.56 Å². The molecule has 0 unspecified atom stereocenters. The Morgan fingerprint density at radius 1 is 1.35 bits per heavy atom. The van der Waals surface area contributed by atoms with Gasteiger partial charge >= 0.3 is 6.18 Å². The third-order valence-electron chi connectivity index (χ3n) is 2.05. The number of hydrogen-bond acceptors (Lipinski definition) is 1. The molecule has 1 amide bonds. The van der Waals surface area contributed by atoms with Crippen molar-refractivity contribution in [1.29, 1.82) is 0 Å². The van der Waals surface area contributed by atoms with Gasteiger partial charge in [-0.2, -0.15) is 13.2 Å². The van der Waals surface area contributed by atoms with Crippen molar-refractivity contribution in [2.24, 2.45) is 0 Å². The molecule has 0 fully saturated rings. The predicted molar refractivity (Wildman–Crippen MR) is 59.1 cm³/mol. The molecule has 0 radical (unpaired) electrons. The van der Waals surface area contributed by atoms with Crippen LogP contribution < -0.4 is 5.32 Å². The van der Waals surface area contributed by atoms with Crippen molar-refractivity contribution in [2.45, 2.75) is 12.6 Å². The van der Waals surface area contributed by atoms with E-state index in [1.54, 1.807) is 0 Å². The molecule has 0 bridgehead atoms. The number of hydrogen-bond donors (Lipinski definition) is 1. The Morgan fingerprint density at radius 2 is 2.06 bits per heavy atom. The monoisotopic (exact) mass is 265 g/mol. The van der Waals surface area contributed by atoms with Crippen molar-refractivity contribution in [1.82, 2.24) is 5.32 Å². The molecule has 1 aromatic carbocycles. The van der Waals surface area contributed by atoms with Gasteiger partial charge in [-0.15, -0.1) is 11.6 Å². The zero-order chi connectivity index (χ0) is 12.9. The molecule has 1 N–H and O–H groups in total. The van der Waals surface area contributed by atoms with Gasteiger partial charge in [0.2, 0.25) is 0 Å². The summed E-state index contributed by atoms with van der Waals surface area (Å²) in [7, 11) is 0. The van der Waals surface area contributed by atoms with Crippen LogP contribution in [0.3, 0.4) is 0 Å². The van der Waals surface area contributed by atoms with Crippen LogP contribution in [0.4, 0.5) is 13.2 Å². The highest BCUT2D eigenvalue weighted by molar-refractivity contribution is 6.17. The Hall–Kier alpha value is -1.23. The highest BCUT2D eigenvalue weighted by Crippen LogP contribution is 2.29. The minimum atomic E-state index is -4.44. The molecule has 2 nitrogen and oxygen atoms in total. The first kappa shape index (κ1) is 13.8. The summed E-state index contributed by atoms with van der Waals surface area (Å²) in [5, 5.41) is 2.49. The Bertz CT molecular complexity index is 393. The van der Waals surface area contributed by atoms with Crippen LogP contribution in [0.15, 0.2) is 24.3 Å². The lowest BCUT2D eigenvalue weighted by molar-refractivity contribution is -0.137. The van der Waals surface area contributed by atoms with Crippen LogP contribution in [0, 0.1) is 0 Å². The van der Waals surface area contributed by atoms with Crippen LogP contribution in [0.5, 0.6) is 0 Å². The van der Waals surface area contributed by atoms with E-state index in [0.29, 0.717) is 18.8 Å². The quantitative estimate of drug-likeness (QED) is 0.658. The first-order valence-electron chi connectivity index (χ1n) is 4.96. The van der Waals surface area contributed by atoms with E-state index in [1.165, 1.54) is 12.1 Å². The molecule has 0 saturated carbocycles. The van der Waals surface area contributed by atoms with Crippen molar-refractivity contribution in [3.8, 4) is 0 Å². The maximum absolute atomic E-state index is 12.4. The van der Waals surface area contributed by atoms with Crippen LogP contribution in [-0.2, 0) is 6.18 Å². The fourth-order valence-electron chi connectivity index (χ4n) is 1.21. The van der Waals surface area contributed by atoms with Gasteiger partial charge in [-0.1, -0.05) is 6.07 Å². The van der Waals surface area contributed by atoms with Gasteiger partial charge < -0.3 is 5.32 Å². The molecular formula is C11H11ClF3NO. The highest BCUT2D eigenvalue weighted by Gasteiger charge is 2.30. The summed E-state index contributed by atoms with van der Waals surface area (Å²) in [6, 6.07) is 4.30. The van der Waals surface area contributed by atoms with Crippen molar-refractivity contribution < 1.29 is 18.0 Å². The second-order valence-electron chi connectivity index (χ2n) is 3.38. The van der Waals surface area contributed by atoms with E-state index in [0.717, 1.165) is 12.1 Å². The van der Waals surface area contributed by atoms with Gasteiger partial charge in [0.1, 0.15) is 0 Å². The fraction of sp³-hybridized carbons (Fsp3) is 0.364. The number of alkyl halides is 4. The lowest BCUT2D eigenvalue weighted by Gasteiger charge is -2.08. The number of amides is 1. The summed E-state index contributed by atoms with van der Waals surface area (Å²) in [5.41, 5.74) is -0.836. The Kier molecular flexibility index (Phi) is 4.81. The molecule has 0 heterocycles. The third-order valence-corrected chi connectivity index (χ3v) is 2.32. The van der Waals surface area contributed by atoms with Crippen molar-refractivity contribution in [3.05, 3.63) is 35.4 Å². The van der Waals surface area contributed by atoms with E-state index < -0.39 is 17.6 Å². The predicted octanol–water partition coefficient (Wildman–Crippen LogP) is 3.06. The van der Waals surface area contributed by atoms with E-state index in [2.05, 4.69) is 5.32 Å². The Labute approximate surface area is 102 Å². The summed E-state index contributed by atoms with van der Waals surface area (Å²) in [6.45, 7) is 0.346. The van der Waals surface area contributed by atoms with Gasteiger partial charge in [-0.05, 0) is 24.6 Å². The average Bonchev–Trinajstić information content (AvgIpc) is 2.28. The van der Waals surface area contributed by atoms with Crippen molar-refractivity contribution >= 4 is 17.5 Å². The molecule has 0 atom stereocenters. The largest absolute Gasteiger partial charge is 0.416 e. The topological polar surface area (TPSA) is 29.1 Å². The summed E-state index contributed by atoms with van der Waals surface area (Å²) >= 11 is 5.42. The molecule has 0 aromatic heterocycles. The standard InChI is InChI=1S/C11H11ClF3NO/c12-5-2-6-16-10(17)8-3-1-4-9(7-8)11(13,14)15/h1,3-4,7H,2,5-6H2,(H,16,17). The molecule has 0 aliphatic rings. The van der Waals surface area contributed by atoms with Gasteiger partial charge in [-0.3, -0.25) is 4.79 Å². The SMILES string of the molecule is O=C(NCCCCl)c1cccc(C(F)(F)F)c1. The molecule has 94 valence electrons. The maximum Gasteiger partial charge on any atom is 0.416 e. The Balaban J connectivity index is 2.74. The normalized spacial score (nSPS) is 11.3. The second kappa shape index (κ2) is 5.91. The molecule has 1 rings (SSSR count). The molecule has 0 aliphatic heterocycles. The zero-order valence-electron chi connectivity index (χ0n) is 8.85. The summed E-state index contributed by atoms with van der Waals surface area (Å²) in [5.74, 6) is -0.135. The minimum absolute atomic E-state index is 0.00519. The number of halogens is 4. The summed E-state index contributed by atoms with van der Waals surface area (Å²) < 4.78 is 37.2. The number of rotatable bonds is 4. The van der Waals surface area contributed by atoms with Gasteiger partial charge in [0.25, 0.3) is 5.91 Å². The number of nitrogens with one attached hydrogen (secondary N) is 1. The fourth-order valence-corrected chi connectivity index (χ4v) is 1.34. The van der Waals surface area contributed by atoms with Crippen molar-refractivity contribution in [2.75, 3.05) is 12.4 Å². The molecular weight excluding hydrogens is 255 g/mol. The van der Waals surface area contributed by atoms with E-state index in [1.807, 2.05) is 0 Å². The van der Waals surface area contributed by atoms with E-state index in [-0.39, 0.29) is 5.56 Å². The smallest absolute Gasteiger partial charge is 0.352 e. The minimum Gasteiger partial charge on any atom is -0.352 e. The van der Waals surface area contributed by atoms with Crippen LogP contribution in [0.2, 0.25) is 0 Å². The van der Waals surface area contributed by atoms with E-state index in [9.17, 15) is 18.0 Å². The first-order valence-corrected chi connectivity index (χ1v) is 5.50. The molecule has 17 heavy (non-hydrogen) atoms. The lowest BCUT2D eigenvalue weighted by atomic mass is 10.1. The van der Waals surface area contributed by atoms with Crippen LogP contribution in [0.1, 0.15) is 22.3 Å². The summed E-state index contributed by atoms with van der Waals surface area (Å²) in [4.78, 5) is 11.5. The lowest BCUT2D eigenvalue weighted by Crippen LogP contribution is -2.25. The number of carbonyl (C=O) groups excluding carboxylic acids is 1. The van der Waals surface area contributed by atoms with Gasteiger partial charge in [-0.25, -0.2) is 0 Å².